The van der Waals surface area contributed by atoms with Crippen molar-refractivity contribution in [3.05, 3.63) is 12.4 Å². The number of carbonyl (C=O) groups excluding carboxylic acids is 1. The molecule has 1 aromatic heterocycles. The number of aromatic nitrogens is 2. The van der Waals surface area contributed by atoms with Crippen molar-refractivity contribution in [3.8, 4) is 0 Å². The van der Waals surface area contributed by atoms with Crippen LogP contribution >= 0.6 is 0 Å². The van der Waals surface area contributed by atoms with Crippen LogP contribution in [0.2, 0.25) is 0 Å². The van der Waals surface area contributed by atoms with Crippen LogP contribution in [0.3, 0.4) is 0 Å². The van der Waals surface area contributed by atoms with E-state index in [9.17, 15) is 13.6 Å². The van der Waals surface area contributed by atoms with Crippen LogP contribution in [0.1, 0.15) is 0 Å². The molecule has 3 N–H and O–H groups in total. The highest BCUT2D eigenvalue weighted by molar-refractivity contribution is 5.75. The maximum Gasteiger partial charge on any atom is 0.261 e. The molecule has 1 aromatic rings. The van der Waals surface area contributed by atoms with Gasteiger partial charge in [0.25, 0.3) is 6.43 Å². The molecule has 0 aliphatic rings. The molecule has 17 heavy (non-hydrogen) atoms. The second kappa shape index (κ2) is 6.79. The Labute approximate surface area is 96.7 Å². The van der Waals surface area contributed by atoms with E-state index in [1.165, 1.54) is 17.1 Å². The van der Waals surface area contributed by atoms with Gasteiger partial charge >= 0.3 is 0 Å². The van der Waals surface area contributed by atoms with E-state index < -0.39 is 13.0 Å². The molecule has 0 bridgehead atoms. The van der Waals surface area contributed by atoms with Gasteiger partial charge in [-0.1, -0.05) is 0 Å². The molecular formula is C9H14F2N4O2. The minimum Gasteiger partial charge on any atom is -0.396 e. The van der Waals surface area contributed by atoms with E-state index in [4.69, 9.17) is 5.73 Å². The molecule has 0 atom stereocenters. The molecule has 0 saturated heterocycles. The number of alkyl halides is 2. The Balaban J connectivity index is 2.09. The molecule has 1 rings (SSSR count). The van der Waals surface area contributed by atoms with Crippen molar-refractivity contribution in [2.75, 3.05) is 25.5 Å². The Kier molecular flexibility index (Phi) is 5.34. The van der Waals surface area contributed by atoms with Gasteiger partial charge in [0.15, 0.2) is 0 Å². The lowest BCUT2D eigenvalue weighted by Gasteiger charge is -2.06. The molecule has 1 heterocycles. The highest BCUT2D eigenvalue weighted by Gasteiger charge is 2.04. The first-order valence-electron chi connectivity index (χ1n) is 4.98. The van der Waals surface area contributed by atoms with Gasteiger partial charge in [-0.25, -0.2) is 8.78 Å². The summed E-state index contributed by atoms with van der Waals surface area (Å²) in [5, 5.41) is 6.33. The van der Waals surface area contributed by atoms with Crippen molar-refractivity contribution in [1.29, 1.82) is 0 Å². The number of halogens is 2. The van der Waals surface area contributed by atoms with Crippen LogP contribution in [0.25, 0.3) is 0 Å². The van der Waals surface area contributed by atoms with Crippen molar-refractivity contribution < 1.29 is 18.3 Å². The zero-order valence-electron chi connectivity index (χ0n) is 9.10. The highest BCUT2D eigenvalue weighted by Crippen LogP contribution is 1.96. The quantitative estimate of drug-likeness (QED) is 0.658. The third kappa shape index (κ3) is 5.81. The van der Waals surface area contributed by atoms with E-state index in [-0.39, 0.29) is 25.6 Å². The van der Waals surface area contributed by atoms with Crippen molar-refractivity contribution >= 4 is 11.6 Å². The maximum atomic E-state index is 11.7. The number of nitrogens with one attached hydrogen (secondary N) is 1. The summed E-state index contributed by atoms with van der Waals surface area (Å²) in [6.07, 6.45) is 0.462. The number of nitrogen functional groups attached to an aromatic ring is 1. The summed E-state index contributed by atoms with van der Waals surface area (Å²) in [4.78, 5) is 11.3. The summed E-state index contributed by atoms with van der Waals surface area (Å²) in [6, 6.07) is 0. The Morgan fingerprint density at radius 3 is 3.00 bits per heavy atom. The first kappa shape index (κ1) is 13.4. The molecule has 0 aliphatic heterocycles. The van der Waals surface area contributed by atoms with Crippen LogP contribution in [0, 0.1) is 0 Å². The van der Waals surface area contributed by atoms with E-state index in [1.54, 1.807) is 0 Å². The number of nitrogens with zero attached hydrogens (tertiary/aromatic N) is 2. The van der Waals surface area contributed by atoms with E-state index in [0.717, 1.165) is 0 Å². The van der Waals surface area contributed by atoms with Gasteiger partial charge in [-0.05, 0) is 0 Å². The molecule has 1 amide bonds. The number of rotatable bonds is 7. The van der Waals surface area contributed by atoms with Gasteiger partial charge in [-0.2, -0.15) is 5.10 Å². The largest absolute Gasteiger partial charge is 0.396 e. The van der Waals surface area contributed by atoms with Gasteiger partial charge < -0.3 is 15.8 Å². The lowest BCUT2D eigenvalue weighted by Crippen LogP contribution is -2.31. The first-order valence-corrected chi connectivity index (χ1v) is 4.98. The van der Waals surface area contributed by atoms with Gasteiger partial charge in [-0.3, -0.25) is 9.48 Å². The zero-order valence-corrected chi connectivity index (χ0v) is 9.10. The smallest absolute Gasteiger partial charge is 0.261 e. The molecule has 0 aromatic carbocycles. The summed E-state index contributed by atoms with van der Waals surface area (Å²) in [7, 11) is 0. The monoisotopic (exact) mass is 248 g/mol. The minimum absolute atomic E-state index is 0.0338. The summed E-state index contributed by atoms with van der Waals surface area (Å²) in [5.74, 6) is -0.284. The summed E-state index contributed by atoms with van der Waals surface area (Å²) in [6.45, 7) is -0.350. The van der Waals surface area contributed by atoms with E-state index >= 15 is 0 Å². The molecular weight excluding hydrogens is 234 g/mol. The van der Waals surface area contributed by atoms with Crippen LogP contribution in [0.4, 0.5) is 14.5 Å². The van der Waals surface area contributed by atoms with Crippen molar-refractivity contribution in [2.24, 2.45) is 0 Å². The number of amides is 1. The van der Waals surface area contributed by atoms with E-state index in [0.29, 0.717) is 5.69 Å². The first-order chi connectivity index (χ1) is 8.08. The van der Waals surface area contributed by atoms with E-state index in [2.05, 4.69) is 15.2 Å². The normalized spacial score (nSPS) is 10.8. The van der Waals surface area contributed by atoms with E-state index in [1.807, 2.05) is 0 Å². The second-order valence-electron chi connectivity index (χ2n) is 3.29. The fourth-order valence-corrected chi connectivity index (χ4v) is 1.10. The molecule has 0 radical (unpaired) electrons. The molecule has 96 valence electrons. The maximum absolute atomic E-state index is 11.7. The van der Waals surface area contributed by atoms with Crippen LogP contribution < -0.4 is 11.1 Å². The lowest BCUT2D eigenvalue weighted by atomic mass is 10.5. The Morgan fingerprint density at radius 1 is 1.65 bits per heavy atom. The summed E-state index contributed by atoms with van der Waals surface area (Å²) >= 11 is 0. The predicted octanol–water partition coefficient (Wildman–Crippen LogP) is -0.137. The molecule has 8 heteroatoms. The average Bonchev–Trinajstić information content (AvgIpc) is 2.63. The molecule has 6 nitrogen and oxygen atoms in total. The van der Waals surface area contributed by atoms with Gasteiger partial charge in [0.2, 0.25) is 5.91 Å². The molecule has 0 unspecified atom stereocenters. The topological polar surface area (TPSA) is 82.2 Å². The SMILES string of the molecule is Nc1cnn(CC(=O)NCCOCC(F)F)c1. The number of carbonyl (C=O) groups is 1. The zero-order chi connectivity index (χ0) is 12.7. The molecule has 0 fully saturated rings. The average molecular weight is 248 g/mol. The fourth-order valence-electron chi connectivity index (χ4n) is 1.10. The summed E-state index contributed by atoms with van der Waals surface area (Å²) in [5.41, 5.74) is 5.89. The van der Waals surface area contributed by atoms with Crippen molar-refractivity contribution in [2.45, 2.75) is 13.0 Å². The Hall–Kier alpha value is -1.70. The molecule has 0 saturated carbocycles. The number of hydrogen-bond acceptors (Lipinski definition) is 4. The van der Waals surface area contributed by atoms with Crippen LogP contribution in [0.5, 0.6) is 0 Å². The lowest BCUT2D eigenvalue weighted by molar-refractivity contribution is -0.122. The van der Waals surface area contributed by atoms with Gasteiger partial charge in [0.1, 0.15) is 13.2 Å². The third-order valence-electron chi connectivity index (χ3n) is 1.77. The predicted molar refractivity (Wildman–Crippen MR) is 56.5 cm³/mol. The van der Waals surface area contributed by atoms with Crippen molar-refractivity contribution in [3.63, 3.8) is 0 Å². The highest BCUT2D eigenvalue weighted by atomic mass is 19.3. The van der Waals surface area contributed by atoms with Crippen LogP contribution in [-0.4, -0.2) is 41.9 Å². The molecule has 0 spiro atoms. The van der Waals surface area contributed by atoms with Crippen molar-refractivity contribution in [1.82, 2.24) is 15.1 Å². The number of nitrogens with two attached hydrogens (primary N) is 1. The number of ether oxygens (including phenoxy) is 1. The second-order valence-corrected chi connectivity index (χ2v) is 3.29. The number of anilines is 1. The van der Waals surface area contributed by atoms with Gasteiger partial charge in [0.05, 0.1) is 18.5 Å². The number of hydrogen-bond donors (Lipinski definition) is 2. The summed E-state index contributed by atoms with van der Waals surface area (Å²) < 4.78 is 29.3. The van der Waals surface area contributed by atoms with Gasteiger partial charge in [-0.15, -0.1) is 0 Å². The van der Waals surface area contributed by atoms with Crippen LogP contribution in [-0.2, 0) is 16.1 Å². The fraction of sp³-hybridized carbons (Fsp3) is 0.556. The Bertz CT molecular complexity index is 357. The van der Waals surface area contributed by atoms with Crippen LogP contribution in [0.15, 0.2) is 12.4 Å². The van der Waals surface area contributed by atoms with Gasteiger partial charge in [0, 0.05) is 12.7 Å². The Morgan fingerprint density at radius 2 is 2.41 bits per heavy atom. The molecule has 0 aliphatic carbocycles. The standard InChI is InChI=1S/C9H14F2N4O2/c10-8(11)6-17-2-1-13-9(16)5-15-4-7(12)3-14-15/h3-4,8H,1-2,5-6,12H2,(H,13,16). The minimum atomic E-state index is -2.49. The third-order valence-corrected chi connectivity index (χ3v) is 1.77.